The van der Waals surface area contributed by atoms with Crippen LogP contribution in [0, 0.1) is 6.92 Å². The summed E-state index contributed by atoms with van der Waals surface area (Å²) in [4.78, 5) is 0. The standard InChI is InChI=1S/C15H15BrClNO/c1-10-2-4-11(5-3-10)15(9-18)19-14-8-12(16)6-7-13(14)17/h2-8,15H,9,18H2,1H3. The van der Waals surface area contributed by atoms with Gasteiger partial charge in [0, 0.05) is 11.0 Å². The number of ether oxygens (including phenoxy) is 1. The number of aryl methyl sites for hydroxylation is 1. The molecule has 0 radical (unpaired) electrons. The van der Waals surface area contributed by atoms with Crippen LogP contribution in [-0.2, 0) is 0 Å². The van der Waals surface area contributed by atoms with Crippen molar-refractivity contribution in [2.24, 2.45) is 5.73 Å². The zero-order valence-electron chi connectivity index (χ0n) is 10.6. The maximum atomic E-state index is 6.12. The third kappa shape index (κ3) is 3.72. The number of hydrogen-bond donors (Lipinski definition) is 1. The van der Waals surface area contributed by atoms with E-state index in [2.05, 4.69) is 15.9 Å². The van der Waals surface area contributed by atoms with E-state index < -0.39 is 0 Å². The van der Waals surface area contributed by atoms with Crippen LogP contribution in [0.3, 0.4) is 0 Å². The van der Waals surface area contributed by atoms with Gasteiger partial charge in [-0.05, 0) is 30.7 Å². The van der Waals surface area contributed by atoms with Gasteiger partial charge in [0.15, 0.2) is 0 Å². The summed E-state index contributed by atoms with van der Waals surface area (Å²) in [6, 6.07) is 13.7. The van der Waals surface area contributed by atoms with Gasteiger partial charge >= 0.3 is 0 Å². The van der Waals surface area contributed by atoms with E-state index in [9.17, 15) is 0 Å². The zero-order chi connectivity index (χ0) is 13.8. The minimum absolute atomic E-state index is 0.201. The molecule has 2 aromatic carbocycles. The van der Waals surface area contributed by atoms with E-state index in [0.717, 1.165) is 10.0 Å². The fourth-order valence-electron chi connectivity index (χ4n) is 1.75. The topological polar surface area (TPSA) is 35.2 Å². The molecular weight excluding hydrogens is 326 g/mol. The van der Waals surface area contributed by atoms with Crippen molar-refractivity contribution in [3.05, 3.63) is 63.1 Å². The van der Waals surface area contributed by atoms with Crippen LogP contribution in [0.2, 0.25) is 5.02 Å². The Morgan fingerprint density at radius 2 is 1.89 bits per heavy atom. The summed E-state index contributed by atoms with van der Waals surface area (Å²) in [5.74, 6) is 0.632. The first-order valence-corrected chi connectivity index (χ1v) is 7.15. The fourth-order valence-corrected chi connectivity index (χ4v) is 2.26. The molecule has 19 heavy (non-hydrogen) atoms. The maximum absolute atomic E-state index is 6.12. The highest BCUT2D eigenvalue weighted by Gasteiger charge is 2.13. The zero-order valence-corrected chi connectivity index (χ0v) is 12.9. The lowest BCUT2D eigenvalue weighted by molar-refractivity contribution is 0.214. The van der Waals surface area contributed by atoms with E-state index in [-0.39, 0.29) is 6.10 Å². The van der Waals surface area contributed by atoms with Crippen molar-refractivity contribution >= 4 is 27.5 Å². The van der Waals surface area contributed by atoms with Crippen molar-refractivity contribution in [2.75, 3.05) is 6.54 Å². The second-order valence-electron chi connectivity index (χ2n) is 4.33. The lowest BCUT2D eigenvalue weighted by Gasteiger charge is -2.19. The molecule has 1 atom stereocenters. The number of benzene rings is 2. The van der Waals surface area contributed by atoms with E-state index in [1.165, 1.54) is 5.56 Å². The molecular formula is C15H15BrClNO. The minimum Gasteiger partial charge on any atom is -0.483 e. The molecule has 0 aromatic heterocycles. The molecule has 0 heterocycles. The highest BCUT2D eigenvalue weighted by Crippen LogP contribution is 2.31. The lowest BCUT2D eigenvalue weighted by atomic mass is 10.1. The van der Waals surface area contributed by atoms with Crippen molar-refractivity contribution in [1.29, 1.82) is 0 Å². The molecule has 0 saturated carbocycles. The van der Waals surface area contributed by atoms with Gasteiger partial charge in [-0.3, -0.25) is 0 Å². The first-order chi connectivity index (χ1) is 9.10. The number of nitrogens with two attached hydrogens (primary N) is 1. The first kappa shape index (κ1) is 14.4. The minimum atomic E-state index is -0.201. The quantitative estimate of drug-likeness (QED) is 0.890. The van der Waals surface area contributed by atoms with Crippen molar-refractivity contribution in [3.8, 4) is 5.75 Å². The average Bonchev–Trinajstić information content (AvgIpc) is 2.41. The van der Waals surface area contributed by atoms with Gasteiger partial charge in [-0.2, -0.15) is 0 Å². The van der Waals surface area contributed by atoms with E-state index in [0.29, 0.717) is 17.3 Å². The average molecular weight is 341 g/mol. The van der Waals surface area contributed by atoms with Gasteiger partial charge in [-0.15, -0.1) is 0 Å². The van der Waals surface area contributed by atoms with Crippen molar-refractivity contribution in [2.45, 2.75) is 13.0 Å². The summed E-state index contributed by atoms with van der Waals surface area (Å²) in [7, 11) is 0. The summed E-state index contributed by atoms with van der Waals surface area (Å²) in [6.07, 6.45) is -0.201. The summed E-state index contributed by atoms with van der Waals surface area (Å²) in [5.41, 5.74) is 8.05. The molecule has 1 unspecified atom stereocenters. The van der Waals surface area contributed by atoms with Crippen LogP contribution in [0.4, 0.5) is 0 Å². The summed E-state index contributed by atoms with van der Waals surface area (Å²) >= 11 is 9.53. The molecule has 0 amide bonds. The Bertz CT molecular complexity index is 557. The predicted octanol–water partition coefficient (Wildman–Crippen LogP) is 4.49. The van der Waals surface area contributed by atoms with Gasteiger partial charge in [0.25, 0.3) is 0 Å². The SMILES string of the molecule is Cc1ccc(C(CN)Oc2cc(Br)ccc2Cl)cc1. The summed E-state index contributed by atoms with van der Waals surface area (Å²) < 4.78 is 6.84. The van der Waals surface area contributed by atoms with Gasteiger partial charge in [0.2, 0.25) is 0 Å². The number of hydrogen-bond acceptors (Lipinski definition) is 2. The smallest absolute Gasteiger partial charge is 0.140 e. The highest BCUT2D eigenvalue weighted by atomic mass is 79.9. The number of rotatable bonds is 4. The molecule has 0 spiro atoms. The molecule has 0 saturated heterocycles. The third-order valence-electron chi connectivity index (χ3n) is 2.83. The van der Waals surface area contributed by atoms with Crippen LogP contribution in [-0.4, -0.2) is 6.54 Å². The van der Waals surface area contributed by atoms with Crippen LogP contribution in [0.15, 0.2) is 46.9 Å². The third-order valence-corrected chi connectivity index (χ3v) is 3.63. The molecule has 0 aliphatic heterocycles. The maximum Gasteiger partial charge on any atom is 0.140 e. The van der Waals surface area contributed by atoms with Crippen LogP contribution < -0.4 is 10.5 Å². The van der Waals surface area contributed by atoms with Crippen molar-refractivity contribution in [3.63, 3.8) is 0 Å². The van der Waals surface area contributed by atoms with Gasteiger partial charge in [0.1, 0.15) is 11.9 Å². The lowest BCUT2D eigenvalue weighted by Crippen LogP contribution is -2.18. The van der Waals surface area contributed by atoms with Gasteiger partial charge in [-0.25, -0.2) is 0 Å². The number of halogens is 2. The second kappa shape index (κ2) is 6.42. The first-order valence-electron chi connectivity index (χ1n) is 5.98. The molecule has 100 valence electrons. The van der Waals surface area contributed by atoms with Gasteiger partial charge in [-0.1, -0.05) is 57.4 Å². The molecule has 0 aliphatic carbocycles. The Balaban J connectivity index is 2.23. The molecule has 2 N–H and O–H groups in total. The van der Waals surface area contributed by atoms with E-state index in [4.69, 9.17) is 22.1 Å². The van der Waals surface area contributed by atoms with E-state index in [1.54, 1.807) is 6.07 Å². The van der Waals surface area contributed by atoms with Gasteiger partial charge in [0.05, 0.1) is 5.02 Å². The molecule has 4 heteroatoms. The molecule has 0 fully saturated rings. The van der Waals surface area contributed by atoms with E-state index in [1.807, 2.05) is 43.3 Å². The summed E-state index contributed by atoms with van der Waals surface area (Å²) in [5, 5.41) is 0.578. The van der Waals surface area contributed by atoms with Crippen molar-refractivity contribution < 1.29 is 4.74 Å². The van der Waals surface area contributed by atoms with Crippen LogP contribution in [0.1, 0.15) is 17.2 Å². The van der Waals surface area contributed by atoms with E-state index >= 15 is 0 Å². The Morgan fingerprint density at radius 1 is 1.21 bits per heavy atom. The largest absolute Gasteiger partial charge is 0.483 e. The Labute approximate surface area is 126 Å². The summed E-state index contributed by atoms with van der Waals surface area (Å²) in [6.45, 7) is 2.44. The Kier molecular flexibility index (Phi) is 4.86. The Morgan fingerprint density at radius 3 is 2.53 bits per heavy atom. The van der Waals surface area contributed by atoms with Crippen molar-refractivity contribution in [1.82, 2.24) is 0 Å². The Hall–Kier alpha value is -1.03. The predicted molar refractivity (Wildman–Crippen MR) is 82.8 cm³/mol. The van der Waals surface area contributed by atoms with Crippen LogP contribution in [0.25, 0.3) is 0 Å². The molecule has 2 rings (SSSR count). The van der Waals surface area contributed by atoms with Gasteiger partial charge < -0.3 is 10.5 Å². The molecule has 2 nitrogen and oxygen atoms in total. The van der Waals surface area contributed by atoms with Crippen LogP contribution >= 0.6 is 27.5 Å². The monoisotopic (exact) mass is 339 g/mol. The molecule has 0 bridgehead atoms. The normalized spacial score (nSPS) is 12.2. The van der Waals surface area contributed by atoms with Crippen LogP contribution in [0.5, 0.6) is 5.75 Å². The second-order valence-corrected chi connectivity index (χ2v) is 5.65. The molecule has 2 aromatic rings. The fraction of sp³-hybridized carbons (Fsp3) is 0.200. The highest BCUT2D eigenvalue weighted by molar-refractivity contribution is 9.10. The molecule has 0 aliphatic rings.